The van der Waals surface area contributed by atoms with E-state index in [0.717, 1.165) is 22.0 Å². The molecule has 0 saturated carbocycles. The number of hydrogen-bond acceptors (Lipinski definition) is 5. The minimum absolute atomic E-state index is 0.694. The number of rotatable bonds is 4. The Morgan fingerprint density at radius 3 is 2.58 bits per heavy atom. The summed E-state index contributed by atoms with van der Waals surface area (Å²) in [7, 11) is 0. The zero-order valence-corrected chi connectivity index (χ0v) is 11.0. The predicted octanol–water partition coefficient (Wildman–Crippen LogP) is 3.21. The van der Waals surface area contributed by atoms with Crippen LogP contribution in [0.25, 0.3) is 10.6 Å². The summed E-state index contributed by atoms with van der Waals surface area (Å²) >= 11 is 1.64. The molecule has 1 N–H and O–H groups in total. The first-order chi connectivity index (χ1) is 9.42. The highest BCUT2D eigenvalue weighted by Gasteiger charge is 2.00. The molecule has 3 aromatic rings. The Morgan fingerprint density at radius 1 is 1.00 bits per heavy atom. The molecule has 0 fully saturated rings. The summed E-state index contributed by atoms with van der Waals surface area (Å²) in [6.07, 6.45) is 5.12. The summed E-state index contributed by atoms with van der Waals surface area (Å²) < 4.78 is 0. The molecule has 0 aliphatic heterocycles. The molecule has 0 unspecified atom stereocenters. The molecule has 5 heteroatoms. The lowest BCUT2D eigenvalue weighted by Gasteiger charge is -2.06. The van der Waals surface area contributed by atoms with Crippen LogP contribution < -0.4 is 5.32 Å². The van der Waals surface area contributed by atoms with Crippen LogP contribution in [0, 0.1) is 0 Å². The van der Waals surface area contributed by atoms with Gasteiger partial charge in [0.05, 0.1) is 12.2 Å². The third-order valence-corrected chi connectivity index (χ3v) is 3.50. The third-order valence-electron chi connectivity index (χ3n) is 2.68. The number of nitrogens with zero attached hydrogens (tertiary/aromatic N) is 3. The van der Waals surface area contributed by atoms with Crippen molar-refractivity contribution in [3.8, 4) is 10.6 Å². The molecule has 94 valence electrons. The van der Waals surface area contributed by atoms with E-state index in [1.54, 1.807) is 23.9 Å². The molecule has 19 heavy (non-hydrogen) atoms. The van der Waals surface area contributed by atoms with Gasteiger partial charge in [-0.2, -0.15) is 0 Å². The number of hydrogen-bond donors (Lipinski definition) is 1. The summed E-state index contributed by atoms with van der Waals surface area (Å²) in [5, 5.41) is 6.35. The van der Waals surface area contributed by atoms with E-state index in [2.05, 4.69) is 44.5 Å². The molecular weight excluding hydrogens is 256 g/mol. The highest BCUT2D eigenvalue weighted by molar-refractivity contribution is 7.13. The van der Waals surface area contributed by atoms with E-state index in [0.29, 0.717) is 6.54 Å². The maximum absolute atomic E-state index is 4.29. The molecule has 0 amide bonds. The second kappa shape index (κ2) is 5.58. The largest absolute Gasteiger partial charge is 0.379 e. The second-order valence-electron chi connectivity index (χ2n) is 3.97. The topological polar surface area (TPSA) is 50.7 Å². The lowest BCUT2D eigenvalue weighted by Crippen LogP contribution is -2.01. The highest BCUT2D eigenvalue weighted by Crippen LogP contribution is 2.23. The summed E-state index contributed by atoms with van der Waals surface area (Å²) in [5.41, 5.74) is 3.18. The van der Waals surface area contributed by atoms with Crippen LogP contribution in [0.15, 0.2) is 54.4 Å². The van der Waals surface area contributed by atoms with Crippen LogP contribution in [0.3, 0.4) is 0 Å². The van der Waals surface area contributed by atoms with Gasteiger partial charge >= 0.3 is 0 Å². The van der Waals surface area contributed by atoms with Crippen molar-refractivity contribution >= 4 is 17.0 Å². The van der Waals surface area contributed by atoms with E-state index < -0.39 is 0 Å². The first-order valence-electron chi connectivity index (χ1n) is 5.90. The summed E-state index contributed by atoms with van der Waals surface area (Å²) in [6, 6.07) is 10.1. The van der Waals surface area contributed by atoms with Gasteiger partial charge in [-0.25, -0.2) is 15.0 Å². The first kappa shape index (κ1) is 11.8. The SMILES string of the molecule is c1cc(CNc2ccc(-c3nccs3)cc2)ncn1. The maximum atomic E-state index is 4.29. The van der Waals surface area contributed by atoms with Crippen molar-refractivity contribution in [1.29, 1.82) is 0 Å². The quantitative estimate of drug-likeness (QED) is 0.789. The Hall–Kier alpha value is -2.27. The average Bonchev–Trinajstić information content (AvgIpc) is 3.01. The van der Waals surface area contributed by atoms with Crippen LogP contribution in [0.2, 0.25) is 0 Å². The van der Waals surface area contributed by atoms with E-state index >= 15 is 0 Å². The fraction of sp³-hybridized carbons (Fsp3) is 0.0714. The monoisotopic (exact) mass is 268 g/mol. The zero-order chi connectivity index (χ0) is 12.9. The van der Waals surface area contributed by atoms with Crippen LogP contribution in [0.4, 0.5) is 5.69 Å². The van der Waals surface area contributed by atoms with Crippen LogP contribution in [0.1, 0.15) is 5.69 Å². The second-order valence-corrected chi connectivity index (χ2v) is 4.86. The van der Waals surface area contributed by atoms with Gasteiger partial charge in [0.1, 0.15) is 11.3 Å². The highest BCUT2D eigenvalue weighted by atomic mass is 32.1. The molecule has 0 spiro atoms. The fourth-order valence-corrected chi connectivity index (χ4v) is 2.36. The minimum atomic E-state index is 0.694. The number of nitrogens with one attached hydrogen (secondary N) is 1. The molecule has 0 radical (unpaired) electrons. The molecule has 2 aromatic heterocycles. The van der Waals surface area contributed by atoms with Gasteiger partial charge in [0.15, 0.2) is 0 Å². The third kappa shape index (κ3) is 2.95. The van der Waals surface area contributed by atoms with E-state index in [4.69, 9.17) is 0 Å². The molecule has 0 bridgehead atoms. The Bertz CT molecular complexity index is 620. The van der Waals surface area contributed by atoms with Crippen molar-refractivity contribution in [2.45, 2.75) is 6.54 Å². The molecule has 4 nitrogen and oxygen atoms in total. The van der Waals surface area contributed by atoms with E-state index in [1.165, 1.54) is 0 Å². The van der Waals surface area contributed by atoms with Gasteiger partial charge in [0, 0.05) is 29.0 Å². The van der Waals surface area contributed by atoms with E-state index in [-0.39, 0.29) is 0 Å². The molecule has 2 heterocycles. The van der Waals surface area contributed by atoms with Crippen LogP contribution in [-0.4, -0.2) is 15.0 Å². The van der Waals surface area contributed by atoms with Gasteiger partial charge in [-0.05, 0) is 30.3 Å². The summed E-state index contributed by atoms with van der Waals surface area (Å²) in [6.45, 7) is 0.694. The molecule has 1 aromatic carbocycles. The predicted molar refractivity (Wildman–Crippen MR) is 76.9 cm³/mol. The zero-order valence-electron chi connectivity index (χ0n) is 10.2. The Balaban J connectivity index is 1.67. The minimum Gasteiger partial charge on any atom is -0.379 e. The molecule has 0 aliphatic rings. The lowest BCUT2D eigenvalue weighted by atomic mass is 10.2. The lowest BCUT2D eigenvalue weighted by molar-refractivity contribution is 1.01. The molecule has 3 rings (SSSR count). The van der Waals surface area contributed by atoms with E-state index in [1.807, 2.05) is 17.6 Å². The van der Waals surface area contributed by atoms with Gasteiger partial charge < -0.3 is 5.32 Å². The smallest absolute Gasteiger partial charge is 0.123 e. The molecule has 0 saturated heterocycles. The maximum Gasteiger partial charge on any atom is 0.123 e. The van der Waals surface area contributed by atoms with E-state index in [9.17, 15) is 0 Å². The first-order valence-corrected chi connectivity index (χ1v) is 6.78. The summed E-state index contributed by atoms with van der Waals surface area (Å²) in [4.78, 5) is 12.4. The van der Waals surface area contributed by atoms with Crippen molar-refractivity contribution in [1.82, 2.24) is 15.0 Å². The van der Waals surface area contributed by atoms with Gasteiger partial charge in [-0.15, -0.1) is 11.3 Å². The van der Waals surface area contributed by atoms with Crippen molar-refractivity contribution in [3.63, 3.8) is 0 Å². The van der Waals surface area contributed by atoms with Gasteiger partial charge in [-0.1, -0.05) is 0 Å². The Kier molecular flexibility index (Phi) is 3.47. The standard InChI is InChI=1S/C14H12N4S/c1-3-12(17-9-13-5-6-15-10-18-13)4-2-11(1)14-16-7-8-19-14/h1-8,10,17H,9H2. The average molecular weight is 268 g/mol. The van der Waals surface area contributed by atoms with Crippen molar-refractivity contribution in [2.24, 2.45) is 0 Å². The van der Waals surface area contributed by atoms with Crippen molar-refractivity contribution < 1.29 is 0 Å². The normalized spacial score (nSPS) is 10.3. The molecular formula is C14H12N4S. The van der Waals surface area contributed by atoms with Gasteiger partial charge in [0.2, 0.25) is 0 Å². The number of aromatic nitrogens is 3. The Morgan fingerprint density at radius 2 is 1.89 bits per heavy atom. The van der Waals surface area contributed by atoms with Crippen molar-refractivity contribution in [3.05, 3.63) is 60.1 Å². The fourth-order valence-electron chi connectivity index (χ4n) is 1.71. The number of anilines is 1. The molecule has 0 aliphatic carbocycles. The van der Waals surface area contributed by atoms with Gasteiger partial charge in [0.25, 0.3) is 0 Å². The summed E-state index contributed by atoms with van der Waals surface area (Å²) in [5.74, 6) is 0. The number of thiazole rings is 1. The van der Waals surface area contributed by atoms with Crippen LogP contribution in [-0.2, 0) is 6.54 Å². The van der Waals surface area contributed by atoms with Gasteiger partial charge in [-0.3, -0.25) is 0 Å². The van der Waals surface area contributed by atoms with Crippen molar-refractivity contribution in [2.75, 3.05) is 5.32 Å². The molecule has 0 atom stereocenters. The van der Waals surface area contributed by atoms with Crippen LogP contribution >= 0.6 is 11.3 Å². The number of benzene rings is 1. The van der Waals surface area contributed by atoms with Crippen LogP contribution in [0.5, 0.6) is 0 Å². The Labute approximate surface area is 115 Å².